The number of halogens is 2. The van der Waals surface area contributed by atoms with E-state index in [1.165, 1.54) is 21.9 Å². The van der Waals surface area contributed by atoms with E-state index < -0.39 is 92.0 Å². The predicted octanol–water partition coefficient (Wildman–Crippen LogP) is 5.36. The summed E-state index contributed by atoms with van der Waals surface area (Å²) in [6.45, 7) is 11.8. The van der Waals surface area contributed by atoms with Gasteiger partial charge in [0, 0.05) is 86.3 Å². The normalized spacial score (nSPS) is 21.1. The van der Waals surface area contributed by atoms with Gasteiger partial charge in [-0.15, -0.1) is 11.3 Å². The van der Waals surface area contributed by atoms with Gasteiger partial charge in [0.15, 0.2) is 0 Å². The fourth-order valence-corrected chi connectivity index (χ4v) is 13.7. The first-order valence-electron chi connectivity index (χ1n) is 29.9. The molecule has 0 saturated carbocycles. The first kappa shape index (κ1) is 65.2. The topological polar surface area (TPSA) is 290 Å². The molecule has 6 heterocycles. The van der Waals surface area contributed by atoms with Crippen LogP contribution in [0.4, 0.5) is 8.78 Å². The van der Waals surface area contributed by atoms with E-state index >= 15 is 0 Å². The van der Waals surface area contributed by atoms with Crippen LogP contribution in [0, 0.1) is 17.8 Å². The Morgan fingerprint density at radius 3 is 2.30 bits per heavy atom. The number of benzene rings is 3. The maximum absolute atomic E-state index is 14.9. The van der Waals surface area contributed by atoms with E-state index in [0.29, 0.717) is 67.6 Å². The van der Waals surface area contributed by atoms with Crippen LogP contribution >= 0.6 is 19.9 Å². The number of piperidine rings is 2. The molecule has 8 N–H and O–H groups in total. The zero-order chi connectivity index (χ0) is 63.4. The van der Waals surface area contributed by atoms with Crippen LogP contribution in [0.15, 0.2) is 66.7 Å². The third-order valence-electron chi connectivity index (χ3n) is 17.4. The lowest BCUT2D eigenvalue weighted by atomic mass is 9.86. The Labute approximate surface area is 514 Å². The van der Waals surface area contributed by atoms with Crippen molar-refractivity contribution < 1.29 is 66.2 Å². The van der Waals surface area contributed by atoms with E-state index in [2.05, 4.69) is 63.3 Å². The second-order valence-corrected chi connectivity index (χ2v) is 26.5. The number of imide groups is 1. The summed E-state index contributed by atoms with van der Waals surface area (Å²) in [6, 6.07) is 12.1. The number of primary amides is 1. The Bertz CT molecular complexity index is 3410. The van der Waals surface area contributed by atoms with E-state index in [9.17, 15) is 51.9 Å². The summed E-state index contributed by atoms with van der Waals surface area (Å²) >= 11 is 0.995. The molecule has 5 aliphatic rings. The van der Waals surface area contributed by atoms with Crippen LogP contribution in [0.2, 0.25) is 0 Å². The van der Waals surface area contributed by atoms with Crippen molar-refractivity contribution >= 4 is 83.2 Å². The highest BCUT2D eigenvalue weighted by Crippen LogP contribution is 2.43. The van der Waals surface area contributed by atoms with Crippen LogP contribution in [0.1, 0.15) is 153 Å². The molecule has 88 heavy (non-hydrogen) atoms. The Balaban J connectivity index is 0.869. The molecule has 25 heteroatoms. The average Bonchev–Trinajstić information content (AvgIpc) is 1.77. The van der Waals surface area contributed by atoms with Crippen LogP contribution in [0.3, 0.4) is 0 Å². The molecule has 0 radical (unpaired) electrons. The number of carbonyl (C=O) groups is 9. The molecule has 1 aromatic heterocycles. The van der Waals surface area contributed by atoms with Crippen molar-refractivity contribution in [2.45, 2.75) is 172 Å². The number of fused-ring (bicyclic) bond motifs is 3. The smallest absolute Gasteiger partial charge is 0.370 e. The molecule has 3 aromatic carbocycles. The number of amides is 9. The van der Waals surface area contributed by atoms with Crippen LogP contribution in [-0.4, -0.2) is 151 Å². The van der Waals surface area contributed by atoms with Gasteiger partial charge in [-0.3, -0.25) is 53.4 Å². The van der Waals surface area contributed by atoms with Crippen LogP contribution in [0.5, 0.6) is 0 Å². The summed E-state index contributed by atoms with van der Waals surface area (Å²) in [4.78, 5) is 148. The van der Waals surface area contributed by atoms with Crippen molar-refractivity contribution in [1.82, 2.24) is 40.9 Å². The van der Waals surface area contributed by atoms with Gasteiger partial charge in [0.25, 0.3) is 11.8 Å². The Kier molecular flexibility index (Phi) is 20.5. The number of rotatable bonds is 19. The van der Waals surface area contributed by atoms with Crippen molar-refractivity contribution in [3.8, 4) is 11.8 Å². The van der Waals surface area contributed by atoms with Gasteiger partial charge in [-0.1, -0.05) is 62.9 Å². The molecule has 5 aliphatic heterocycles. The highest BCUT2D eigenvalue weighted by atomic mass is 32.1. The zero-order valence-corrected chi connectivity index (χ0v) is 51.7. The molecule has 0 spiro atoms. The van der Waals surface area contributed by atoms with E-state index in [-0.39, 0.29) is 97.0 Å². The van der Waals surface area contributed by atoms with Gasteiger partial charge in [-0.25, -0.2) is 4.52 Å². The third kappa shape index (κ3) is 15.4. The molecule has 0 bridgehead atoms. The Morgan fingerprint density at radius 2 is 1.61 bits per heavy atom. The maximum atomic E-state index is 14.9. The second-order valence-electron chi connectivity index (χ2n) is 24.7. The number of alkyl halides is 2. The zero-order valence-electron chi connectivity index (χ0n) is 49.9. The van der Waals surface area contributed by atoms with Crippen molar-refractivity contribution in [3.63, 3.8) is 0 Å². The molecule has 1 unspecified atom stereocenters. The maximum Gasteiger partial charge on any atom is 0.389 e. The summed E-state index contributed by atoms with van der Waals surface area (Å²) in [5.41, 5.74) is 8.58. The molecule has 9 rings (SSSR count). The van der Waals surface area contributed by atoms with Gasteiger partial charge in [-0.05, 0) is 135 Å². The summed E-state index contributed by atoms with van der Waals surface area (Å²) in [7, 11) is -3.38. The number of thiophene rings is 1. The summed E-state index contributed by atoms with van der Waals surface area (Å²) in [6.07, 6.45) is -0.222. The van der Waals surface area contributed by atoms with Crippen molar-refractivity contribution in [2.75, 3.05) is 26.2 Å². The average molecular weight is 1250 g/mol. The fourth-order valence-electron chi connectivity index (χ4n) is 12.4. The van der Waals surface area contributed by atoms with Gasteiger partial charge >= 0.3 is 14.7 Å². The van der Waals surface area contributed by atoms with Gasteiger partial charge in [0.2, 0.25) is 41.4 Å². The quantitative estimate of drug-likeness (QED) is 0.0354. The number of nitrogens with two attached hydrogens (primary N) is 1. The van der Waals surface area contributed by atoms with E-state index in [4.69, 9.17) is 15.5 Å². The second kappa shape index (κ2) is 27.6. The van der Waals surface area contributed by atoms with Crippen molar-refractivity contribution in [3.05, 3.63) is 105 Å². The highest BCUT2D eigenvalue weighted by Gasteiger charge is 2.47. The highest BCUT2D eigenvalue weighted by molar-refractivity contribution is 7.39. The molecule has 4 fully saturated rings. The molecule has 21 nitrogen and oxygen atoms in total. The van der Waals surface area contributed by atoms with Crippen molar-refractivity contribution in [1.29, 1.82) is 0 Å². The molecule has 6 atom stereocenters. The minimum atomic E-state index is -4.03. The van der Waals surface area contributed by atoms with Crippen LogP contribution in [0.25, 0.3) is 10.1 Å². The third-order valence-corrected chi connectivity index (χ3v) is 18.9. The predicted molar refractivity (Wildman–Crippen MR) is 323 cm³/mol. The standard InChI is InChI=1S/C63H76F2N9O12PS/c1-36(2)72-30-27-43-18-20-50(74(43)61(83)48(35-72)69-58(80)52-33-40-32-42(17-22-51(40)88-52)63(64,65)86-87(84)85)57(79)67-46(19-23-53(66)75)55(77)68-47(31-38-13-15-41(16-14-38)62(3,4)5)60(82)71-28-25-37(26-29-71)9-6-7-10-39-11-8-12-44-45(39)34-73(59(44)81)49-21-24-54(76)70-56(49)78/h8,11-17,22,32-33,36-37,43,46-50,84-85H,6,9,18-21,23-31,34-35H2,1-5H3,(H2,66,75)(H,67,79)(H,68,77)(H,69,80)(H,70,76,78)/t43-,46+,47+,48+,49?,50+/m1/s1. The van der Waals surface area contributed by atoms with E-state index in [0.717, 1.165) is 46.6 Å². The monoisotopic (exact) mass is 1250 g/mol. The molecule has 4 saturated heterocycles. The molecule has 470 valence electrons. The number of likely N-dealkylation sites (tertiary alicyclic amines) is 1. The van der Waals surface area contributed by atoms with Gasteiger partial charge < -0.3 is 46.2 Å². The summed E-state index contributed by atoms with van der Waals surface area (Å²) in [5, 5.41) is 11.2. The lowest BCUT2D eigenvalue weighted by Gasteiger charge is -2.40. The van der Waals surface area contributed by atoms with Gasteiger partial charge in [0.05, 0.1) is 10.4 Å². The fraction of sp³-hybridized carbons (Fsp3) is 0.508. The minimum Gasteiger partial charge on any atom is -0.370 e. The molecular formula is C63H76F2N9O12PS. The van der Waals surface area contributed by atoms with Crippen LogP contribution < -0.4 is 27.0 Å². The number of hydrogen-bond acceptors (Lipinski definition) is 14. The molecule has 9 amide bonds. The molecular weight excluding hydrogens is 1180 g/mol. The molecule has 4 aromatic rings. The van der Waals surface area contributed by atoms with Gasteiger partial charge in [0.1, 0.15) is 30.2 Å². The SMILES string of the molecule is CC(C)N1CC[C@H]2CC[C@@H](C(=O)N[C@@H](CCC(N)=O)C(=O)N[C@@H](Cc3ccc(C(C)(C)C)cc3)C(=O)N3CCC(CCC#Cc4cccc5c4CN(C4CCC(=O)NC4=O)C5=O)CC3)N2C(=O)[C@@H](NC(=O)c2cc3cc(C(F)(F)OP(O)O)ccc3s2)C1. The van der Waals surface area contributed by atoms with Gasteiger partial charge in [-0.2, -0.15) is 8.78 Å². The Morgan fingerprint density at radius 1 is 0.886 bits per heavy atom. The summed E-state index contributed by atoms with van der Waals surface area (Å²) in [5.74, 6) is 1.98. The number of nitrogens with one attached hydrogen (secondary N) is 4. The minimum absolute atomic E-state index is 0.0418. The Hall–Kier alpha value is -7.26. The number of carbonyl (C=O) groups excluding carboxylic acids is 9. The van der Waals surface area contributed by atoms with E-state index in [1.807, 2.05) is 44.2 Å². The lowest BCUT2D eigenvalue weighted by Crippen LogP contribution is -2.62. The first-order valence-corrected chi connectivity index (χ1v) is 31.9. The largest absolute Gasteiger partial charge is 0.389 e. The lowest BCUT2D eigenvalue weighted by molar-refractivity contribution is -0.189. The van der Waals surface area contributed by atoms with Crippen LogP contribution in [-0.2, 0) is 62.6 Å². The number of hydrogen-bond donors (Lipinski definition) is 7. The van der Waals surface area contributed by atoms with Crippen molar-refractivity contribution in [2.24, 2.45) is 11.7 Å². The first-order chi connectivity index (χ1) is 41.7. The van der Waals surface area contributed by atoms with E-state index in [1.54, 1.807) is 17.0 Å². The summed E-state index contributed by atoms with van der Waals surface area (Å²) < 4.78 is 33.8. The molecule has 0 aliphatic carbocycles. The number of nitrogens with zero attached hydrogens (tertiary/aromatic N) is 4.